The van der Waals surface area contributed by atoms with Crippen LogP contribution in [0.15, 0.2) is 28.9 Å². The molecule has 1 aliphatic carbocycles. The van der Waals surface area contributed by atoms with Gasteiger partial charge in [0.2, 0.25) is 17.7 Å². The van der Waals surface area contributed by atoms with Crippen LogP contribution in [0.25, 0.3) is 11.5 Å². The highest BCUT2D eigenvalue weighted by Crippen LogP contribution is 2.18. The van der Waals surface area contributed by atoms with Crippen LogP contribution in [-0.4, -0.2) is 27.1 Å². The minimum atomic E-state index is 0.0653. The lowest BCUT2D eigenvalue weighted by Crippen LogP contribution is -2.36. The van der Waals surface area contributed by atoms with Crippen LogP contribution in [0.2, 0.25) is 0 Å². The number of nitrogens with one attached hydrogen (secondary N) is 1. The molecule has 1 saturated carbocycles. The molecule has 6 nitrogen and oxygen atoms in total. The fourth-order valence-electron chi connectivity index (χ4n) is 2.73. The van der Waals surface area contributed by atoms with Crippen LogP contribution >= 0.6 is 0 Å². The Labute approximate surface area is 129 Å². The second-order valence-corrected chi connectivity index (χ2v) is 5.64. The first-order chi connectivity index (χ1) is 10.8. The second-order valence-electron chi connectivity index (χ2n) is 5.64. The van der Waals surface area contributed by atoms with Crippen molar-refractivity contribution in [1.82, 2.24) is 20.5 Å². The molecule has 0 aliphatic heterocycles. The predicted molar refractivity (Wildman–Crippen MR) is 80.9 cm³/mol. The predicted octanol–water partition coefficient (Wildman–Crippen LogP) is 2.51. The minimum absolute atomic E-state index is 0.0653. The number of aryl methyl sites for hydroxylation is 1. The smallest absolute Gasteiger partial charge is 0.247 e. The van der Waals surface area contributed by atoms with E-state index in [1.807, 2.05) is 12.1 Å². The van der Waals surface area contributed by atoms with E-state index in [0.717, 1.165) is 18.4 Å². The van der Waals surface area contributed by atoms with Gasteiger partial charge in [-0.3, -0.25) is 9.78 Å². The van der Waals surface area contributed by atoms with Crippen molar-refractivity contribution < 1.29 is 9.21 Å². The molecule has 2 aromatic heterocycles. The first-order valence-corrected chi connectivity index (χ1v) is 7.83. The van der Waals surface area contributed by atoms with Gasteiger partial charge in [0.25, 0.3) is 0 Å². The normalized spacial score (nSPS) is 15.6. The fraction of sp³-hybridized carbons (Fsp3) is 0.500. The van der Waals surface area contributed by atoms with E-state index in [1.54, 1.807) is 12.4 Å². The molecule has 0 bridgehead atoms. The van der Waals surface area contributed by atoms with Gasteiger partial charge >= 0.3 is 0 Å². The van der Waals surface area contributed by atoms with Crippen molar-refractivity contribution in [3.63, 3.8) is 0 Å². The summed E-state index contributed by atoms with van der Waals surface area (Å²) in [6.07, 6.45) is 10.1. The summed E-state index contributed by atoms with van der Waals surface area (Å²) in [6, 6.07) is 3.97. The summed E-state index contributed by atoms with van der Waals surface area (Å²) in [4.78, 5) is 15.9. The third-order valence-corrected chi connectivity index (χ3v) is 3.93. The van der Waals surface area contributed by atoms with Crippen molar-refractivity contribution in [3.8, 4) is 11.5 Å². The Bertz CT molecular complexity index is 606. The molecule has 0 aromatic carbocycles. The third-order valence-electron chi connectivity index (χ3n) is 3.93. The Morgan fingerprint density at radius 3 is 2.73 bits per heavy atom. The maximum Gasteiger partial charge on any atom is 0.247 e. The molecule has 1 aliphatic rings. The second kappa shape index (κ2) is 7.15. The van der Waals surface area contributed by atoms with Gasteiger partial charge in [0.15, 0.2) is 0 Å². The Kier molecular flexibility index (Phi) is 4.78. The maximum atomic E-state index is 12.0. The number of aromatic nitrogens is 3. The number of pyridine rings is 1. The number of amides is 1. The summed E-state index contributed by atoms with van der Waals surface area (Å²) in [6.45, 7) is 0. The summed E-state index contributed by atoms with van der Waals surface area (Å²) in [5, 5.41) is 11.1. The van der Waals surface area contributed by atoms with Gasteiger partial charge in [0, 0.05) is 36.8 Å². The number of hydrogen-bond acceptors (Lipinski definition) is 5. The molecule has 0 unspecified atom stereocenters. The zero-order valence-corrected chi connectivity index (χ0v) is 12.5. The highest BCUT2D eigenvalue weighted by molar-refractivity contribution is 5.76. The van der Waals surface area contributed by atoms with Crippen molar-refractivity contribution in [2.24, 2.45) is 0 Å². The number of rotatable bonds is 5. The van der Waals surface area contributed by atoms with E-state index in [4.69, 9.17) is 4.42 Å². The first-order valence-electron chi connectivity index (χ1n) is 7.83. The molecule has 116 valence electrons. The van der Waals surface area contributed by atoms with E-state index < -0.39 is 0 Å². The zero-order valence-electron chi connectivity index (χ0n) is 12.5. The molecule has 1 fully saturated rings. The van der Waals surface area contributed by atoms with E-state index in [-0.39, 0.29) is 5.91 Å². The van der Waals surface area contributed by atoms with Crippen LogP contribution in [0.5, 0.6) is 0 Å². The molecule has 0 spiro atoms. The van der Waals surface area contributed by atoms with Gasteiger partial charge in [-0.2, -0.15) is 0 Å². The van der Waals surface area contributed by atoms with Crippen LogP contribution in [0.3, 0.4) is 0 Å². The quantitative estimate of drug-likeness (QED) is 0.917. The summed E-state index contributed by atoms with van der Waals surface area (Å²) < 4.78 is 5.58. The Morgan fingerprint density at radius 1 is 1.18 bits per heavy atom. The van der Waals surface area contributed by atoms with Crippen LogP contribution in [0.1, 0.15) is 44.4 Å². The third kappa shape index (κ3) is 3.90. The lowest BCUT2D eigenvalue weighted by atomic mass is 9.95. The standard InChI is InChI=1S/C16H20N4O2/c21-14(18-13-4-2-1-3-5-13)6-7-15-19-20-16(22-15)12-8-10-17-11-9-12/h8-11,13H,1-7H2,(H,18,21). The molecule has 2 heterocycles. The average molecular weight is 300 g/mol. The van der Waals surface area contributed by atoms with Gasteiger partial charge in [0.05, 0.1) is 0 Å². The monoisotopic (exact) mass is 300 g/mol. The highest BCUT2D eigenvalue weighted by atomic mass is 16.4. The molecule has 1 N–H and O–H groups in total. The van der Waals surface area contributed by atoms with Crippen molar-refractivity contribution in [2.45, 2.75) is 51.0 Å². The van der Waals surface area contributed by atoms with Crippen molar-refractivity contribution in [1.29, 1.82) is 0 Å². The molecule has 2 aromatic rings. The largest absolute Gasteiger partial charge is 0.421 e. The summed E-state index contributed by atoms with van der Waals surface area (Å²) >= 11 is 0. The first kappa shape index (κ1) is 14.7. The van der Waals surface area contributed by atoms with Crippen molar-refractivity contribution in [2.75, 3.05) is 0 Å². The summed E-state index contributed by atoms with van der Waals surface area (Å²) in [5.41, 5.74) is 0.834. The summed E-state index contributed by atoms with van der Waals surface area (Å²) in [7, 11) is 0. The lowest BCUT2D eigenvalue weighted by Gasteiger charge is -2.22. The van der Waals surface area contributed by atoms with Crippen molar-refractivity contribution in [3.05, 3.63) is 30.4 Å². The van der Waals surface area contributed by atoms with Crippen LogP contribution in [-0.2, 0) is 11.2 Å². The minimum Gasteiger partial charge on any atom is -0.421 e. The average Bonchev–Trinajstić information content (AvgIpc) is 3.04. The van der Waals surface area contributed by atoms with Crippen molar-refractivity contribution >= 4 is 5.91 Å². The Morgan fingerprint density at radius 2 is 1.95 bits per heavy atom. The van der Waals surface area contributed by atoms with E-state index in [1.165, 1.54) is 19.3 Å². The van der Waals surface area contributed by atoms with E-state index in [2.05, 4.69) is 20.5 Å². The van der Waals surface area contributed by atoms with E-state index in [0.29, 0.717) is 30.7 Å². The highest BCUT2D eigenvalue weighted by Gasteiger charge is 2.16. The molecule has 22 heavy (non-hydrogen) atoms. The fourth-order valence-corrected chi connectivity index (χ4v) is 2.73. The van der Waals surface area contributed by atoms with Gasteiger partial charge in [-0.05, 0) is 25.0 Å². The van der Waals surface area contributed by atoms with E-state index >= 15 is 0 Å². The maximum absolute atomic E-state index is 12.0. The zero-order chi connectivity index (χ0) is 15.2. The Balaban J connectivity index is 1.49. The van der Waals surface area contributed by atoms with E-state index in [9.17, 15) is 4.79 Å². The number of carbonyl (C=O) groups is 1. The van der Waals surface area contributed by atoms with Gasteiger partial charge in [-0.15, -0.1) is 10.2 Å². The number of carbonyl (C=O) groups excluding carboxylic acids is 1. The van der Waals surface area contributed by atoms with Crippen LogP contribution in [0, 0.1) is 0 Å². The van der Waals surface area contributed by atoms with Crippen LogP contribution < -0.4 is 5.32 Å². The number of nitrogens with zero attached hydrogens (tertiary/aromatic N) is 3. The lowest BCUT2D eigenvalue weighted by molar-refractivity contribution is -0.122. The molecule has 3 rings (SSSR count). The molecule has 0 atom stereocenters. The SMILES string of the molecule is O=C(CCc1nnc(-c2ccncc2)o1)NC1CCCCC1. The molecular weight excluding hydrogens is 280 g/mol. The molecule has 0 saturated heterocycles. The van der Waals surface area contributed by atoms with Gasteiger partial charge in [0.1, 0.15) is 0 Å². The molecule has 1 amide bonds. The van der Waals surface area contributed by atoms with Gasteiger partial charge in [-0.1, -0.05) is 19.3 Å². The topological polar surface area (TPSA) is 80.9 Å². The van der Waals surface area contributed by atoms with Gasteiger partial charge < -0.3 is 9.73 Å². The number of hydrogen-bond donors (Lipinski definition) is 1. The molecule has 6 heteroatoms. The molecule has 0 radical (unpaired) electrons. The Hall–Kier alpha value is -2.24. The van der Waals surface area contributed by atoms with Crippen LogP contribution in [0.4, 0.5) is 0 Å². The molecular formula is C16H20N4O2. The summed E-state index contributed by atoms with van der Waals surface area (Å²) in [5.74, 6) is 1.02. The van der Waals surface area contributed by atoms with Gasteiger partial charge in [-0.25, -0.2) is 0 Å².